The fourth-order valence-corrected chi connectivity index (χ4v) is 4.24. The number of carbonyl (C=O) groups is 1. The molecule has 0 aliphatic rings. The minimum absolute atomic E-state index is 0.242. The molecule has 0 fully saturated rings. The second kappa shape index (κ2) is 12.1. The third-order valence-electron chi connectivity index (χ3n) is 5.21. The van der Waals surface area contributed by atoms with Gasteiger partial charge in [-0.3, -0.25) is 9.69 Å². The van der Waals surface area contributed by atoms with Crippen molar-refractivity contribution in [3.05, 3.63) is 81.3 Å². The summed E-state index contributed by atoms with van der Waals surface area (Å²) in [5, 5.41) is 5.26. The Morgan fingerprint density at radius 1 is 1.06 bits per heavy atom. The molecule has 0 radical (unpaired) electrons. The molecule has 0 aliphatic heterocycles. The summed E-state index contributed by atoms with van der Waals surface area (Å²) in [6, 6.07) is 12.9. The fourth-order valence-electron chi connectivity index (χ4n) is 3.42. The van der Waals surface area contributed by atoms with Crippen molar-refractivity contribution in [2.24, 2.45) is 0 Å². The summed E-state index contributed by atoms with van der Waals surface area (Å²) < 4.78 is 44.8. The summed E-state index contributed by atoms with van der Waals surface area (Å²) in [6.45, 7) is 2.40. The van der Waals surface area contributed by atoms with Gasteiger partial charge in [-0.1, -0.05) is 30.3 Å². The van der Waals surface area contributed by atoms with Gasteiger partial charge >= 0.3 is 6.18 Å². The third-order valence-corrected chi connectivity index (χ3v) is 6.05. The molecule has 1 heterocycles. The molecule has 3 rings (SSSR count). The van der Waals surface area contributed by atoms with E-state index in [1.54, 1.807) is 18.6 Å². The molecular formula is C25H29F3N4O2S. The SMILES string of the molecule is COc1ccc(CN(Cc2cccc(C(F)(F)F)c2)Cc2nc(C(=O)NCCN(C)C)cs2)cc1. The molecule has 0 spiro atoms. The number of methoxy groups -OCH3 is 1. The van der Waals surface area contributed by atoms with Crippen LogP contribution in [0, 0.1) is 0 Å². The molecule has 3 aromatic rings. The molecule has 0 saturated carbocycles. The van der Waals surface area contributed by atoms with Crippen molar-refractivity contribution in [2.45, 2.75) is 25.8 Å². The minimum atomic E-state index is -4.40. The van der Waals surface area contributed by atoms with Crippen LogP contribution in [0.4, 0.5) is 13.2 Å². The molecule has 188 valence electrons. The van der Waals surface area contributed by atoms with E-state index in [9.17, 15) is 18.0 Å². The molecule has 0 unspecified atom stereocenters. The minimum Gasteiger partial charge on any atom is -0.497 e. The van der Waals surface area contributed by atoms with Crippen molar-refractivity contribution in [2.75, 3.05) is 34.3 Å². The Morgan fingerprint density at radius 3 is 2.43 bits per heavy atom. The van der Waals surface area contributed by atoms with Crippen LogP contribution in [0.2, 0.25) is 0 Å². The molecule has 0 saturated heterocycles. The van der Waals surface area contributed by atoms with Crippen molar-refractivity contribution in [3.8, 4) is 5.75 Å². The second-order valence-corrected chi connectivity index (χ2v) is 9.32. The summed E-state index contributed by atoms with van der Waals surface area (Å²) in [4.78, 5) is 20.8. The highest BCUT2D eigenvalue weighted by Crippen LogP contribution is 2.30. The van der Waals surface area contributed by atoms with Crippen molar-refractivity contribution < 1.29 is 22.7 Å². The van der Waals surface area contributed by atoms with Gasteiger partial charge in [-0.25, -0.2) is 4.98 Å². The van der Waals surface area contributed by atoms with E-state index < -0.39 is 11.7 Å². The quantitative estimate of drug-likeness (QED) is 0.410. The predicted octanol–water partition coefficient (Wildman–Crippen LogP) is 4.66. The maximum absolute atomic E-state index is 13.2. The van der Waals surface area contributed by atoms with Crippen LogP contribution in [0.25, 0.3) is 0 Å². The molecule has 0 atom stereocenters. The highest BCUT2D eigenvalue weighted by Gasteiger charge is 2.30. The third kappa shape index (κ3) is 8.34. The van der Waals surface area contributed by atoms with E-state index in [2.05, 4.69) is 10.3 Å². The Balaban J connectivity index is 1.75. The molecule has 6 nitrogen and oxygen atoms in total. The van der Waals surface area contributed by atoms with Crippen molar-refractivity contribution in [1.29, 1.82) is 0 Å². The zero-order chi connectivity index (χ0) is 25.4. The molecule has 1 amide bonds. The predicted molar refractivity (Wildman–Crippen MR) is 130 cm³/mol. The largest absolute Gasteiger partial charge is 0.497 e. The number of rotatable bonds is 11. The van der Waals surface area contributed by atoms with E-state index in [0.717, 1.165) is 23.9 Å². The Hall–Kier alpha value is -2.95. The van der Waals surface area contributed by atoms with Crippen LogP contribution in [-0.2, 0) is 25.8 Å². The van der Waals surface area contributed by atoms with Crippen LogP contribution in [0.1, 0.15) is 32.2 Å². The van der Waals surface area contributed by atoms with Gasteiger partial charge in [0.2, 0.25) is 0 Å². The monoisotopic (exact) mass is 506 g/mol. The van der Waals surface area contributed by atoms with Gasteiger partial charge in [0.15, 0.2) is 0 Å². The van der Waals surface area contributed by atoms with Crippen LogP contribution in [0.5, 0.6) is 5.75 Å². The lowest BCUT2D eigenvalue weighted by Gasteiger charge is -2.22. The summed E-state index contributed by atoms with van der Waals surface area (Å²) in [6.07, 6.45) is -4.40. The number of amides is 1. The number of alkyl halides is 3. The number of hydrogen-bond donors (Lipinski definition) is 1. The van der Waals surface area contributed by atoms with Gasteiger partial charge in [-0.2, -0.15) is 13.2 Å². The number of thiazole rings is 1. The number of benzene rings is 2. The Morgan fingerprint density at radius 2 is 1.77 bits per heavy atom. The lowest BCUT2D eigenvalue weighted by Crippen LogP contribution is -2.31. The molecule has 0 aliphatic carbocycles. The molecule has 1 aromatic heterocycles. The van der Waals surface area contributed by atoms with Gasteiger partial charge < -0.3 is 15.0 Å². The van der Waals surface area contributed by atoms with Gasteiger partial charge in [0.05, 0.1) is 19.2 Å². The van der Waals surface area contributed by atoms with E-state index >= 15 is 0 Å². The Labute approximate surface area is 207 Å². The first kappa shape index (κ1) is 26.7. The van der Waals surface area contributed by atoms with Crippen molar-refractivity contribution in [1.82, 2.24) is 20.1 Å². The van der Waals surface area contributed by atoms with Crippen molar-refractivity contribution >= 4 is 17.2 Å². The van der Waals surface area contributed by atoms with Gasteiger partial charge in [0.25, 0.3) is 5.91 Å². The van der Waals surface area contributed by atoms with Crippen LogP contribution >= 0.6 is 11.3 Å². The number of nitrogens with zero attached hydrogens (tertiary/aromatic N) is 3. The highest BCUT2D eigenvalue weighted by molar-refractivity contribution is 7.09. The Kier molecular flexibility index (Phi) is 9.25. The van der Waals surface area contributed by atoms with Crippen LogP contribution in [0.3, 0.4) is 0 Å². The van der Waals surface area contributed by atoms with Gasteiger partial charge in [0, 0.05) is 31.6 Å². The topological polar surface area (TPSA) is 57.7 Å². The molecule has 0 bridgehead atoms. The van der Waals surface area contributed by atoms with Gasteiger partial charge in [-0.05, 0) is 43.4 Å². The average molecular weight is 507 g/mol. The number of aromatic nitrogens is 1. The smallest absolute Gasteiger partial charge is 0.416 e. The van der Waals surface area contributed by atoms with Crippen LogP contribution in [0.15, 0.2) is 53.9 Å². The molecule has 1 N–H and O–H groups in total. The van der Waals surface area contributed by atoms with E-state index in [-0.39, 0.29) is 5.91 Å². The van der Waals surface area contributed by atoms with Crippen LogP contribution in [-0.4, -0.2) is 55.0 Å². The number of hydrogen-bond acceptors (Lipinski definition) is 6. The lowest BCUT2D eigenvalue weighted by molar-refractivity contribution is -0.137. The van der Waals surface area contributed by atoms with Gasteiger partial charge in [0.1, 0.15) is 16.5 Å². The molecule has 35 heavy (non-hydrogen) atoms. The summed E-state index contributed by atoms with van der Waals surface area (Å²) >= 11 is 1.36. The first-order chi connectivity index (χ1) is 16.6. The average Bonchev–Trinajstić information content (AvgIpc) is 3.27. The summed E-state index contributed by atoms with van der Waals surface area (Å²) in [5.41, 5.74) is 1.19. The second-order valence-electron chi connectivity index (χ2n) is 8.38. The highest BCUT2D eigenvalue weighted by atomic mass is 32.1. The number of carbonyl (C=O) groups excluding carboxylic acids is 1. The van der Waals surface area contributed by atoms with E-state index in [1.807, 2.05) is 48.2 Å². The first-order valence-electron chi connectivity index (χ1n) is 11.0. The normalized spacial score (nSPS) is 11.8. The van der Waals surface area contributed by atoms with E-state index in [0.29, 0.717) is 42.4 Å². The zero-order valence-electron chi connectivity index (χ0n) is 19.9. The number of ether oxygens (including phenoxy) is 1. The number of likely N-dealkylation sites (N-methyl/N-ethyl adjacent to an activating group) is 1. The molecular weight excluding hydrogens is 477 g/mol. The zero-order valence-corrected chi connectivity index (χ0v) is 20.7. The number of nitrogens with one attached hydrogen (secondary N) is 1. The summed E-state index contributed by atoms with van der Waals surface area (Å²) in [7, 11) is 5.44. The standard InChI is InChI=1S/C25H29F3N4O2S/c1-31(2)12-11-29-24(33)22-17-35-23(30-22)16-32(14-18-7-9-21(34-3)10-8-18)15-19-5-4-6-20(13-19)25(26,27)28/h4-10,13,17H,11-12,14-16H2,1-3H3,(H,29,33). The van der Waals surface area contributed by atoms with E-state index in [4.69, 9.17) is 4.74 Å². The maximum Gasteiger partial charge on any atom is 0.416 e. The van der Waals surface area contributed by atoms with Gasteiger partial charge in [-0.15, -0.1) is 11.3 Å². The molecule has 10 heteroatoms. The fraction of sp³-hybridized carbons (Fsp3) is 0.360. The Bertz CT molecular complexity index is 1100. The number of halogens is 3. The van der Waals surface area contributed by atoms with E-state index in [1.165, 1.54) is 23.5 Å². The maximum atomic E-state index is 13.2. The molecule has 2 aromatic carbocycles. The van der Waals surface area contributed by atoms with Crippen LogP contribution < -0.4 is 10.1 Å². The van der Waals surface area contributed by atoms with Crippen molar-refractivity contribution in [3.63, 3.8) is 0 Å². The summed E-state index contributed by atoms with van der Waals surface area (Å²) in [5.74, 6) is 0.483. The lowest BCUT2D eigenvalue weighted by atomic mass is 10.1. The first-order valence-corrected chi connectivity index (χ1v) is 11.9.